The normalized spacial score (nSPS) is 15.4. The predicted octanol–water partition coefficient (Wildman–Crippen LogP) is 12.9. The second-order valence-corrected chi connectivity index (χ2v) is 15.6. The van der Waals surface area contributed by atoms with Crippen LogP contribution in [0.1, 0.15) is 60.3 Å². The number of fused-ring (bicyclic) bond motifs is 9. The molecule has 254 valence electrons. The van der Waals surface area contributed by atoms with E-state index in [1.165, 1.54) is 100 Å². The van der Waals surface area contributed by atoms with E-state index in [1.807, 2.05) is 0 Å². The minimum absolute atomic E-state index is 0.0287. The van der Waals surface area contributed by atoms with Gasteiger partial charge in [-0.15, -0.1) is 0 Å². The summed E-state index contributed by atoms with van der Waals surface area (Å²) in [6.07, 6.45) is 9.19. The molecule has 11 rings (SSSR count). The smallest absolute Gasteiger partial charge is 0.0537 e. The summed E-state index contributed by atoms with van der Waals surface area (Å²) in [5.74, 6) is 0. The van der Waals surface area contributed by atoms with Gasteiger partial charge in [0.2, 0.25) is 0 Å². The van der Waals surface area contributed by atoms with Crippen molar-refractivity contribution in [3.8, 4) is 33.6 Å². The van der Waals surface area contributed by atoms with Crippen LogP contribution in [-0.4, -0.2) is 9.13 Å². The van der Waals surface area contributed by atoms with Crippen LogP contribution >= 0.6 is 0 Å². The minimum Gasteiger partial charge on any atom is -0.313 e. The Bertz CT molecular complexity index is 2840. The van der Waals surface area contributed by atoms with Gasteiger partial charge < -0.3 is 9.13 Å². The number of hydrogen-bond donors (Lipinski definition) is 0. The summed E-state index contributed by atoms with van der Waals surface area (Å²) in [4.78, 5) is 0. The molecule has 0 amide bonds. The van der Waals surface area contributed by atoms with E-state index in [0.717, 1.165) is 25.7 Å². The summed E-state index contributed by atoms with van der Waals surface area (Å²) in [6.45, 7) is 4.75. The molecule has 0 fully saturated rings. The summed E-state index contributed by atoms with van der Waals surface area (Å²) in [5, 5.41) is 2.68. The molecular weight excluding hydrogens is 641 g/mol. The Morgan fingerprint density at radius 1 is 0.434 bits per heavy atom. The second-order valence-electron chi connectivity index (χ2n) is 15.6. The number of hydrogen-bond acceptors (Lipinski definition) is 0. The molecule has 2 nitrogen and oxygen atoms in total. The van der Waals surface area contributed by atoms with Gasteiger partial charge in [0, 0.05) is 50.1 Å². The Balaban J connectivity index is 1.00. The molecule has 0 radical (unpaired) electrons. The number of rotatable bonds is 4. The Morgan fingerprint density at radius 3 is 1.60 bits per heavy atom. The molecule has 0 saturated carbocycles. The third kappa shape index (κ3) is 4.51. The molecular formula is C51H40N2. The largest absolute Gasteiger partial charge is 0.313 e. The molecule has 0 aliphatic heterocycles. The van der Waals surface area contributed by atoms with E-state index in [0.29, 0.717) is 0 Å². The Kier molecular flexibility index (Phi) is 6.58. The number of nitrogens with zero attached hydrogens (tertiary/aromatic N) is 2. The average molecular weight is 681 g/mol. The molecule has 0 spiro atoms. The topological polar surface area (TPSA) is 9.86 Å². The number of para-hydroxylation sites is 2. The second kappa shape index (κ2) is 11.4. The highest BCUT2D eigenvalue weighted by atomic mass is 15.0. The lowest BCUT2D eigenvalue weighted by molar-refractivity contribution is 0.659. The van der Waals surface area contributed by atoms with E-state index in [1.54, 1.807) is 0 Å². The third-order valence-corrected chi connectivity index (χ3v) is 12.4. The average Bonchev–Trinajstić information content (AvgIpc) is 3.81. The molecule has 53 heavy (non-hydrogen) atoms. The molecule has 8 aromatic rings. The molecule has 0 atom stereocenters. The van der Waals surface area contributed by atoms with Crippen LogP contribution in [0.5, 0.6) is 0 Å². The molecule has 0 bridgehead atoms. The Morgan fingerprint density at radius 2 is 0.943 bits per heavy atom. The highest BCUT2D eigenvalue weighted by molar-refractivity contribution is 5.97. The number of allylic oxidation sites excluding steroid dienone is 2. The Labute approximate surface area is 311 Å². The lowest BCUT2D eigenvalue weighted by Gasteiger charge is -2.24. The Hall–Kier alpha value is -6.12. The molecule has 3 aliphatic rings. The summed E-state index contributed by atoms with van der Waals surface area (Å²) >= 11 is 0. The molecule has 2 heteroatoms. The van der Waals surface area contributed by atoms with Crippen LogP contribution in [0.3, 0.4) is 0 Å². The zero-order valence-electron chi connectivity index (χ0n) is 30.2. The first-order valence-electron chi connectivity index (χ1n) is 19.1. The number of benzene rings is 6. The third-order valence-electron chi connectivity index (χ3n) is 12.4. The molecule has 2 aromatic heterocycles. The van der Waals surface area contributed by atoms with Gasteiger partial charge in [0.1, 0.15) is 0 Å². The van der Waals surface area contributed by atoms with Gasteiger partial charge in [-0.1, -0.05) is 123 Å². The summed E-state index contributed by atoms with van der Waals surface area (Å²) < 4.78 is 5.06. The van der Waals surface area contributed by atoms with Crippen molar-refractivity contribution in [1.82, 2.24) is 9.13 Å². The quantitative estimate of drug-likeness (QED) is 0.175. The molecule has 0 saturated heterocycles. The van der Waals surface area contributed by atoms with E-state index in [2.05, 4.69) is 181 Å². The molecule has 3 aliphatic carbocycles. The highest BCUT2D eigenvalue weighted by Crippen LogP contribution is 2.50. The van der Waals surface area contributed by atoms with E-state index in [4.69, 9.17) is 0 Å². The van der Waals surface area contributed by atoms with Crippen LogP contribution in [0.25, 0.3) is 67.6 Å². The first-order valence-corrected chi connectivity index (χ1v) is 19.1. The minimum atomic E-state index is -0.0287. The zero-order chi connectivity index (χ0) is 35.3. The van der Waals surface area contributed by atoms with Gasteiger partial charge >= 0.3 is 0 Å². The maximum Gasteiger partial charge on any atom is 0.0537 e. The standard InChI is InChI=1S/C51H40N2/c1-51(2)45-17-9-6-14-39(45)40-27-26-38(32-46(40)51)53-48-19-11-8-16-42(48)44-31-36(23-29-50(44)53)35-22-28-49-43(30-35)41-15-7-10-18-47(41)52(49)37-24-20-34(21-25-37)33-12-4-3-5-13-33/h3-21,24-27,30-32H,22-23,28-29H2,1-2H3. The van der Waals surface area contributed by atoms with Crippen molar-refractivity contribution in [2.24, 2.45) is 0 Å². The first-order chi connectivity index (χ1) is 26.0. The fourth-order valence-corrected chi connectivity index (χ4v) is 9.81. The van der Waals surface area contributed by atoms with Gasteiger partial charge in [0.05, 0.1) is 11.0 Å². The van der Waals surface area contributed by atoms with Crippen LogP contribution in [0.15, 0.2) is 157 Å². The van der Waals surface area contributed by atoms with Crippen molar-refractivity contribution < 1.29 is 0 Å². The van der Waals surface area contributed by atoms with Crippen molar-refractivity contribution in [3.63, 3.8) is 0 Å². The summed E-state index contributed by atoms with van der Waals surface area (Å²) in [6, 6.07) is 53.8. The lowest BCUT2D eigenvalue weighted by Crippen LogP contribution is -2.15. The van der Waals surface area contributed by atoms with E-state index in [9.17, 15) is 0 Å². The van der Waals surface area contributed by atoms with Gasteiger partial charge in [0.25, 0.3) is 0 Å². The summed E-state index contributed by atoms with van der Waals surface area (Å²) in [7, 11) is 0. The van der Waals surface area contributed by atoms with Crippen LogP contribution in [0, 0.1) is 0 Å². The van der Waals surface area contributed by atoms with Crippen molar-refractivity contribution in [3.05, 3.63) is 190 Å². The van der Waals surface area contributed by atoms with E-state index in [-0.39, 0.29) is 5.41 Å². The van der Waals surface area contributed by atoms with Crippen LogP contribution in [0.2, 0.25) is 0 Å². The maximum absolute atomic E-state index is 2.56. The van der Waals surface area contributed by atoms with Crippen LogP contribution in [-0.2, 0) is 18.3 Å². The number of aromatic nitrogens is 2. The maximum atomic E-state index is 2.56. The lowest BCUT2D eigenvalue weighted by atomic mass is 9.82. The van der Waals surface area contributed by atoms with Gasteiger partial charge in [0.15, 0.2) is 0 Å². The summed E-state index contributed by atoms with van der Waals surface area (Å²) in [5.41, 5.74) is 21.7. The van der Waals surface area contributed by atoms with Crippen molar-refractivity contribution in [2.45, 2.75) is 44.9 Å². The van der Waals surface area contributed by atoms with E-state index >= 15 is 0 Å². The van der Waals surface area contributed by atoms with Crippen molar-refractivity contribution in [1.29, 1.82) is 0 Å². The SMILES string of the molecule is CC1(C)c2ccccc2-c2ccc(-n3c4c(c5ccccc53)C=C(C3=Cc5c(n(-c6ccc(-c7ccccc7)cc6)c6ccccc56)CC3)CC4)cc21. The zero-order valence-corrected chi connectivity index (χ0v) is 30.2. The predicted molar refractivity (Wildman–Crippen MR) is 222 cm³/mol. The molecule has 0 N–H and O–H groups in total. The van der Waals surface area contributed by atoms with Crippen LogP contribution in [0.4, 0.5) is 0 Å². The van der Waals surface area contributed by atoms with Gasteiger partial charge in [-0.05, 0) is 119 Å². The molecule has 2 heterocycles. The monoisotopic (exact) mass is 680 g/mol. The first kappa shape index (κ1) is 30.5. The van der Waals surface area contributed by atoms with Gasteiger partial charge in [-0.3, -0.25) is 0 Å². The molecule has 6 aromatic carbocycles. The van der Waals surface area contributed by atoms with Gasteiger partial charge in [-0.25, -0.2) is 0 Å². The van der Waals surface area contributed by atoms with E-state index < -0.39 is 0 Å². The van der Waals surface area contributed by atoms with Crippen molar-refractivity contribution in [2.75, 3.05) is 0 Å². The van der Waals surface area contributed by atoms with Gasteiger partial charge in [-0.2, -0.15) is 0 Å². The van der Waals surface area contributed by atoms with Crippen molar-refractivity contribution >= 4 is 34.0 Å². The van der Waals surface area contributed by atoms with Crippen LogP contribution < -0.4 is 0 Å². The fourth-order valence-electron chi connectivity index (χ4n) is 9.81. The molecule has 0 unspecified atom stereocenters. The fraction of sp³-hybridized carbons (Fsp3) is 0.137. The highest BCUT2D eigenvalue weighted by Gasteiger charge is 2.36.